The molecule has 0 amide bonds. The summed E-state index contributed by atoms with van der Waals surface area (Å²) < 4.78 is 35.8. The molecule has 8 nitrogen and oxygen atoms in total. The minimum Gasteiger partial charge on any atom is -0.478 e. The molecule has 2 rings (SSSR count). The Bertz CT molecular complexity index is 1060. The molecule has 0 bridgehead atoms. The molecule has 9 heteroatoms. The second-order valence-electron chi connectivity index (χ2n) is 8.04. The molecule has 34 heavy (non-hydrogen) atoms. The standard InChI is InChI=1S/C25H30O8S/c1-18(26)16-22(13-10-19-8-11-20(12-9-19)25(28)29)33-24(27)17-21(32-2)14-15-34(30,31)23-6-4-3-5-7-23/h3-9,11-12,21-22H,10,13-17H2,1-2H3,(H,28,29). The summed E-state index contributed by atoms with van der Waals surface area (Å²) >= 11 is 0. The maximum atomic E-state index is 12.5. The lowest BCUT2D eigenvalue weighted by Crippen LogP contribution is -2.26. The molecule has 1 N–H and O–H groups in total. The number of rotatable bonds is 14. The SMILES string of the molecule is COC(CCS(=O)(=O)c1ccccc1)CC(=O)OC(CCc1ccc(C(=O)O)cc1)CC(C)=O. The third-order valence-corrected chi connectivity index (χ3v) is 7.07. The van der Waals surface area contributed by atoms with Crippen molar-refractivity contribution in [2.45, 2.75) is 56.1 Å². The largest absolute Gasteiger partial charge is 0.478 e. The van der Waals surface area contributed by atoms with Crippen LogP contribution in [0.4, 0.5) is 0 Å². The summed E-state index contributed by atoms with van der Waals surface area (Å²) in [5, 5.41) is 8.99. The Kier molecular flexibility index (Phi) is 10.4. The highest BCUT2D eigenvalue weighted by Gasteiger charge is 2.23. The van der Waals surface area contributed by atoms with Gasteiger partial charge in [0.25, 0.3) is 0 Å². The van der Waals surface area contributed by atoms with Gasteiger partial charge in [0.2, 0.25) is 0 Å². The summed E-state index contributed by atoms with van der Waals surface area (Å²) in [5.41, 5.74) is 1.03. The Hall–Kier alpha value is -3.04. The normalized spacial score (nSPS) is 13.1. The smallest absolute Gasteiger partial charge is 0.335 e. The fourth-order valence-corrected chi connectivity index (χ4v) is 4.80. The molecule has 2 atom stereocenters. The number of Topliss-reactive ketones (excluding diaryl/α,β-unsaturated/α-hetero) is 1. The molecule has 0 radical (unpaired) electrons. The van der Waals surface area contributed by atoms with Crippen molar-refractivity contribution in [1.82, 2.24) is 0 Å². The number of carboxylic acids is 1. The molecule has 0 fully saturated rings. The van der Waals surface area contributed by atoms with E-state index in [1.54, 1.807) is 30.3 Å². The highest BCUT2D eigenvalue weighted by Crippen LogP contribution is 2.17. The van der Waals surface area contributed by atoms with Crippen molar-refractivity contribution >= 4 is 27.6 Å². The predicted octanol–water partition coefficient (Wildman–Crippen LogP) is 3.48. The van der Waals surface area contributed by atoms with Crippen LogP contribution in [0.5, 0.6) is 0 Å². The van der Waals surface area contributed by atoms with Crippen molar-refractivity contribution in [3.8, 4) is 0 Å². The van der Waals surface area contributed by atoms with Crippen LogP contribution in [-0.4, -0.2) is 56.3 Å². The maximum absolute atomic E-state index is 12.5. The Morgan fingerprint density at radius 1 is 0.912 bits per heavy atom. The van der Waals surface area contributed by atoms with Crippen LogP contribution in [0.3, 0.4) is 0 Å². The Balaban J connectivity index is 1.91. The van der Waals surface area contributed by atoms with Gasteiger partial charge in [-0.3, -0.25) is 9.59 Å². The molecular formula is C25H30O8S. The number of ketones is 1. The molecule has 0 aromatic heterocycles. The number of methoxy groups -OCH3 is 1. The minimum absolute atomic E-state index is 0.0545. The average molecular weight is 491 g/mol. The highest BCUT2D eigenvalue weighted by molar-refractivity contribution is 7.91. The van der Waals surface area contributed by atoms with Crippen molar-refractivity contribution < 1.29 is 37.4 Å². The van der Waals surface area contributed by atoms with Crippen LogP contribution in [-0.2, 0) is 35.3 Å². The lowest BCUT2D eigenvalue weighted by Gasteiger charge is -2.19. The van der Waals surface area contributed by atoms with Crippen LogP contribution in [0, 0.1) is 0 Å². The van der Waals surface area contributed by atoms with E-state index >= 15 is 0 Å². The predicted molar refractivity (Wildman–Crippen MR) is 125 cm³/mol. The number of carbonyl (C=O) groups excluding carboxylic acids is 2. The van der Waals surface area contributed by atoms with E-state index in [0.29, 0.717) is 12.8 Å². The quantitative estimate of drug-likeness (QED) is 0.399. The lowest BCUT2D eigenvalue weighted by molar-refractivity contribution is -0.153. The number of hydrogen-bond acceptors (Lipinski definition) is 7. The lowest BCUT2D eigenvalue weighted by atomic mass is 10.0. The van der Waals surface area contributed by atoms with E-state index in [1.807, 2.05) is 0 Å². The molecule has 0 saturated heterocycles. The zero-order valence-corrected chi connectivity index (χ0v) is 20.1. The first kappa shape index (κ1) is 27.2. The number of carboxylic acid groups (broad SMARTS) is 1. The number of esters is 1. The molecule has 184 valence electrons. The van der Waals surface area contributed by atoms with Crippen LogP contribution in [0.1, 0.15) is 48.5 Å². The second kappa shape index (κ2) is 13.0. The van der Waals surface area contributed by atoms with Gasteiger partial charge in [-0.15, -0.1) is 0 Å². The summed E-state index contributed by atoms with van der Waals surface area (Å²) in [7, 11) is -2.10. The van der Waals surface area contributed by atoms with Crippen LogP contribution in [0.15, 0.2) is 59.5 Å². The first-order valence-corrected chi connectivity index (χ1v) is 12.6. The number of carbonyl (C=O) groups is 3. The number of ether oxygens (including phenoxy) is 2. The van der Waals surface area contributed by atoms with E-state index in [0.717, 1.165) is 5.56 Å². The fourth-order valence-electron chi connectivity index (χ4n) is 3.42. The minimum atomic E-state index is -3.50. The van der Waals surface area contributed by atoms with Crippen molar-refractivity contribution in [3.05, 3.63) is 65.7 Å². The molecule has 2 aromatic carbocycles. The molecule has 0 heterocycles. The van der Waals surface area contributed by atoms with Gasteiger partial charge in [-0.1, -0.05) is 30.3 Å². The van der Waals surface area contributed by atoms with E-state index < -0.39 is 34.0 Å². The van der Waals surface area contributed by atoms with Crippen LogP contribution >= 0.6 is 0 Å². The van der Waals surface area contributed by atoms with E-state index in [4.69, 9.17) is 14.6 Å². The van der Waals surface area contributed by atoms with Crippen molar-refractivity contribution in [3.63, 3.8) is 0 Å². The van der Waals surface area contributed by atoms with E-state index in [-0.39, 0.29) is 41.3 Å². The second-order valence-corrected chi connectivity index (χ2v) is 10.2. The molecule has 0 aliphatic rings. The van der Waals surface area contributed by atoms with Crippen LogP contribution < -0.4 is 0 Å². The van der Waals surface area contributed by atoms with Gasteiger partial charge in [0.05, 0.1) is 28.7 Å². The Morgan fingerprint density at radius 3 is 2.12 bits per heavy atom. The summed E-state index contributed by atoms with van der Waals surface area (Å²) in [6, 6.07) is 14.4. The van der Waals surface area contributed by atoms with Gasteiger partial charge in [-0.2, -0.15) is 0 Å². The molecule has 0 aliphatic heterocycles. The number of sulfone groups is 1. The van der Waals surface area contributed by atoms with Gasteiger partial charge in [0, 0.05) is 13.5 Å². The average Bonchev–Trinajstić information content (AvgIpc) is 2.80. The first-order valence-electron chi connectivity index (χ1n) is 10.9. The third-order valence-electron chi connectivity index (χ3n) is 5.31. The van der Waals surface area contributed by atoms with Crippen LogP contribution in [0.25, 0.3) is 0 Å². The molecule has 0 spiro atoms. The van der Waals surface area contributed by atoms with Crippen molar-refractivity contribution in [1.29, 1.82) is 0 Å². The highest BCUT2D eigenvalue weighted by atomic mass is 32.2. The fraction of sp³-hybridized carbons (Fsp3) is 0.400. The molecular weight excluding hydrogens is 460 g/mol. The topological polar surface area (TPSA) is 124 Å². The van der Waals surface area contributed by atoms with Crippen molar-refractivity contribution in [2.75, 3.05) is 12.9 Å². The summed E-state index contributed by atoms with van der Waals surface area (Å²) in [5.74, 6) is -1.89. The Labute approximate surface area is 199 Å². The van der Waals surface area contributed by atoms with Gasteiger partial charge in [0.1, 0.15) is 11.9 Å². The third kappa shape index (κ3) is 9.07. The van der Waals surface area contributed by atoms with Gasteiger partial charge >= 0.3 is 11.9 Å². The summed E-state index contributed by atoms with van der Waals surface area (Å²) in [6.45, 7) is 1.41. The van der Waals surface area contributed by atoms with E-state index in [9.17, 15) is 22.8 Å². The van der Waals surface area contributed by atoms with Crippen molar-refractivity contribution in [2.24, 2.45) is 0 Å². The monoisotopic (exact) mass is 490 g/mol. The zero-order chi connectivity index (χ0) is 25.1. The zero-order valence-electron chi connectivity index (χ0n) is 19.3. The van der Waals surface area contributed by atoms with Gasteiger partial charge < -0.3 is 14.6 Å². The van der Waals surface area contributed by atoms with Gasteiger partial charge in [-0.25, -0.2) is 13.2 Å². The van der Waals surface area contributed by atoms with Gasteiger partial charge in [-0.05, 0) is 56.0 Å². The van der Waals surface area contributed by atoms with E-state index in [2.05, 4.69) is 0 Å². The molecule has 2 aromatic rings. The first-order chi connectivity index (χ1) is 16.1. The number of aryl methyl sites for hydroxylation is 1. The summed E-state index contributed by atoms with van der Waals surface area (Å²) in [6.07, 6.45) is -0.369. The van der Waals surface area contributed by atoms with E-state index in [1.165, 1.54) is 38.3 Å². The number of benzene rings is 2. The molecule has 0 saturated carbocycles. The number of hydrogen-bond donors (Lipinski definition) is 1. The van der Waals surface area contributed by atoms with Crippen LogP contribution in [0.2, 0.25) is 0 Å². The molecule has 2 unspecified atom stereocenters. The maximum Gasteiger partial charge on any atom is 0.335 e. The van der Waals surface area contributed by atoms with Gasteiger partial charge in [0.15, 0.2) is 9.84 Å². The number of aromatic carboxylic acids is 1. The molecule has 0 aliphatic carbocycles. The Morgan fingerprint density at radius 2 is 1.56 bits per heavy atom. The summed E-state index contributed by atoms with van der Waals surface area (Å²) in [4.78, 5) is 35.3.